The van der Waals surface area contributed by atoms with E-state index >= 15 is 0 Å². The summed E-state index contributed by atoms with van der Waals surface area (Å²) in [7, 11) is 0. The Hall–Kier alpha value is -3.91. The van der Waals surface area contributed by atoms with Gasteiger partial charge in [-0.3, -0.25) is 9.20 Å². The van der Waals surface area contributed by atoms with Crippen LogP contribution in [0.3, 0.4) is 0 Å². The van der Waals surface area contributed by atoms with Crippen molar-refractivity contribution in [3.05, 3.63) is 77.9 Å². The van der Waals surface area contributed by atoms with Crippen molar-refractivity contribution in [2.24, 2.45) is 5.73 Å². The maximum atomic E-state index is 12.4. The second-order valence-electron chi connectivity index (χ2n) is 9.59. The number of primary amides is 1. The molecule has 2 fully saturated rings. The van der Waals surface area contributed by atoms with E-state index in [1.807, 2.05) is 54.7 Å². The Kier molecular flexibility index (Phi) is 5.60. The van der Waals surface area contributed by atoms with Crippen LogP contribution in [0.25, 0.3) is 16.8 Å². The summed E-state index contributed by atoms with van der Waals surface area (Å²) < 4.78 is 14.2. The predicted molar refractivity (Wildman–Crippen MR) is 136 cm³/mol. The number of imidazole rings is 1. The number of ether oxygens (including phenoxy) is 2. The van der Waals surface area contributed by atoms with Crippen molar-refractivity contribution in [3.8, 4) is 17.0 Å². The van der Waals surface area contributed by atoms with Gasteiger partial charge in [0.25, 0.3) is 5.91 Å². The summed E-state index contributed by atoms with van der Waals surface area (Å²) in [6.07, 6.45) is 8.52. The molecule has 0 radical (unpaired) electrons. The zero-order valence-corrected chi connectivity index (χ0v) is 20.0. The Morgan fingerprint density at radius 1 is 1.17 bits per heavy atom. The average Bonchev–Trinajstić information content (AvgIpc) is 3.50. The van der Waals surface area contributed by atoms with Crippen LogP contribution in [-0.4, -0.2) is 26.9 Å². The van der Waals surface area contributed by atoms with Gasteiger partial charge in [-0.2, -0.15) is 0 Å². The minimum Gasteiger partial charge on any atom is -0.489 e. The molecule has 2 aliphatic rings. The first kappa shape index (κ1) is 22.5. The van der Waals surface area contributed by atoms with Gasteiger partial charge in [-0.25, -0.2) is 9.97 Å². The number of carbonyl (C=O) groups excluding carboxylic acids is 1. The van der Waals surface area contributed by atoms with Crippen LogP contribution in [0.5, 0.6) is 5.75 Å². The van der Waals surface area contributed by atoms with Crippen molar-refractivity contribution in [1.82, 2.24) is 14.4 Å². The van der Waals surface area contributed by atoms with E-state index in [2.05, 4.69) is 9.38 Å². The average molecular weight is 484 g/mol. The molecule has 2 aromatic heterocycles. The smallest absolute Gasteiger partial charge is 0.254 e. The van der Waals surface area contributed by atoms with Gasteiger partial charge < -0.3 is 20.9 Å². The molecule has 6 rings (SSSR count). The zero-order chi connectivity index (χ0) is 24.7. The van der Waals surface area contributed by atoms with Gasteiger partial charge in [-0.1, -0.05) is 42.8 Å². The number of carbonyl (C=O) groups is 1. The summed E-state index contributed by atoms with van der Waals surface area (Å²) in [4.78, 5) is 21.7. The minimum atomic E-state index is -1.10. The van der Waals surface area contributed by atoms with Gasteiger partial charge in [0.1, 0.15) is 35.2 Å². The van der Waals surface area contributed by atoms with Crippen LogP contribution < -0.4 is 16.2 Å². The van der Waals surface area contributed by atoms with Gasteiger partial charge >= 0.3 is 0 Å². The maximum absolute atomic E-state index is 12.4. The monoisotopic (exact) mass is 483 g/mol. The highest BCUT2D eigenvalue weighted by molar-refractivity contribution is 5.86. The Morgan fingerprint density at radius 3 is 2.78 bits per heavy atom. The summed E-state index contributed by atoms with van der Waals surface area (Å²) in [6, 6.07) is 15.5. The summed E-state index contributed by atoms with van der Waals surface area (Å²) in [5.41, 5.74) is 15.2. The molecule has 4 N–H and O–H groups in total. The molecule has 1 amide bonds. The number of nitrogen functional groups attached to an aromatic ring is 1. The summed E-state index contributed by atoms with van der Waals surface area (Å²) >= 11 is 0. The fraction of sp³-hybridized carbons (Fsp3) is 0.321. The predicted octanol–water partition coefficient (Wildman–Crippen LogP) is 4.32. The number of benzene rings is 2. The van der Waals surface area contributed by atoms with Crippen LogP contribution in [0.15, 0.2) is 60.9 Å². The number of hydrogen-bond donors (Lipinski definition) is 2. The van der Waals surface area contributed by atoms with E-state index in [4.69, 9.17) is 25.9 Å². The highest BCUT2D eigenvalue weighted by Crippen LogP contribution is 2.40. The van der Waals surface area contributed by atoms with E-state index in [1.165, 1.54) is 6.42 Å². The molecule has 2 aromatic carbocycles. The third kappa shape index (κ3) is 3.69. The third-order valence-corrected chi connectivity index (χ3v) is 7.45. The standard InChI is InChI=1S/C28H29N5O3/c29-25-24-23(32-26(18-7-3-8-18)33(24)14-13-31-25)19-9-4-10-21(16-19)35-17-20-6-1-2-11-22(20)28(27(30)34)12-5-15-36-28/h1-2,4,6,9-11,13-14,16,18H,3,5,7-8,12,15,17H2,(H2,29,31)(H2,30,34). The van der Waals surface area contributed by atoms with Crippen molar-refractivity contribution in [1.29, 1.82) is 0 Å². The lowest BCUT2D eigenvalue weighted by Crippen LogP contribution is -2.41. The van der Waals surface area contributed by atoms with Crippen LogP contribution in [0.2, 0.25) is 0 Å². The van der Waals surface area contributed by atoms with Gasteiger partial charge in [-0.15, -0.1) is 0 Å². The Balaban J connectivity index is 1.31. The normalized spacial score (nSPS) is 19.9. The number of amides is 1. The second kappa shape index (κ2) is 8.95. The molecule has 8 heteroatoms. The summed E-state index contributed by atoms with van der Waals surface area (Å²) in [5, 5.41) is 0. The molecule has 3 heterocycles. The van der Waals surface area contributed by atoms with Crippen molar-refractivity contribution in [2.75, 3.05) is 12.3 Å². The number of hydrogen-bond acceptors (Lipinski definition) is 6. The highest BCUT2D eigenvalue weighted by Gasteiger charge is 2.44. The lowest BCUT2D eigenvalue weighted by molar-refractivity contribution is -0.139. The molecule has 1 saturated heterocycles. The Bertz CT molecular complexity index is 1440. The topological polar surface area (TPSA) is 118 Å². The fourth-order valence-electron chi connectivity index (χ4n) is 5.36. The quantitative estimate of drug-likeness (QED) is 0.404. The van der Waals surface area contributed by atoms with E-state index in [-0.39, 0.29) is 6.61 Å². The van der Waals surface area contributed by atoms with Crippen LogP contribution in [-0.2, 0) is 21.7 Å². The van der Waals surface area contributed by atoms with Gasteiger partial charge in [0.2, 0.25) is 0 Å². The Morgan fingerprint density at radius 2 is 2.03 bits per heavy atom. The molecule has 4 aromatic rings. The lowest BCUT2D eigenvalue weighted by Gasteiger charge is -2.27. The minimum absolute atomic E-state index is 0.277. The van der Waals surface area contributed by atoms with Crippen molar-refractivity contribution >= 4 is 17.2 Å². The number of fused-ring (bicyclic) bond motifs is 1. The largest absolute Gasteiger partial charge is 0.489 e. The molecule has 8 nitrogen and oxygen atoms in total. The van der Waals surface area contributed by atoms with Crippen LogP contribution in [0, 0.1) is 0 Å². The van der Waals surface area contributed by atoms with Crippen molar-refractivity contribution in [2.45, 2.75) is 50.2 Å². The third-order valence-electron chi connectivity index (χ3n) is 7.45. The molecule has 0 spiro atoms. The van der Waals surface area contributed by atoms with E-state index in [1.54, 1.807) is 6.20 Å². The molecule has 1 atom stereocenters. The van der Waals surface area contributed by atoms with Crippen molar-refractivity contribution < 1.29 is 14.3 Å². The molecular weight excluding hydrogens is 454 g/mol. The number of anilines is 1. The van der Waals surface area contributed by atoms with Gasteiger partial charge in [0, 0.05) is 30.5 Å². The van der Waals surface area contributed by atoms with Gasteiger partial charge in [0.15, 0.2) is 5.60 Å². The number of aromatic nitrogens is 3. The SMILES string of the molecule is NC(=O)C1(c2ccccc2COc2cccc(-c3nc(C4CCC4)n4ccnc(N)c34)c2)CCCO1. The Labute approximate surface area is 209 Å². The number of nitrogens with zero attached hydrogens (tertiary/aromatic N) is 3. The number of nitrogens with two attached hydrogens (primary N) is 2. The first-order valence-corrected chi connectivity index (χ1v) is 12.4. The first-order valence-electron chi connectivity index (χ1n) is 12.4. The summed E-state index contributed by atoms with van der Waals surface area (Å²) in [5.74, 6) is 2.17. The van der Waals surface area contributed by atoms with E-state index in [9.17, 15) is 4.79 Å². The van der Waals surface area contributed by atoms with Crippen LogP contribution >= 0.6 is 0 Å². The molecule has 1 aliphatic heterocycles. The lowest BCUT2D eigenvalue weighted by atomic mass is 9.85. The molecule has 1 unspecified atom stereocenters. The molecule has 184 valence electrons. The van der Waals surface area contributed by atoms with E-state index < -0.39 is 11.5 Å². The maximum Gasteiger partial charge on any atom is 0.254 e. The van der Waals surface area contributed by atoms with Crippen LogP contribution in [0.4, 0.5) is 5.82 Å². The molecule has 1 aliphatic carbocycles. The molecule has 1 saturated carbocycles. The fourth-order valence-corrected chi connectivity index (χ4v) is 5.36. The number of rotatable bonds is 7. The molecule has 36 heavy (non-hydrogen) atoms. The van der Waals surface area contributed by atoms with E-state index in [0.29, 0.717) is 30.5 Å². The first-order chi connectivity index (χ1) is 17.6. The van der Waals surface area contributed by atoms with Gasteiger partial charge in [0.05, 0.1) is 0 Å². The highest BCUT2D eigenvalue weighted by atomic mass is 16.5. The molecule has 0 bridgehead atoms. The zero-order valence-electron chi connectivity index (χ0n) is 20.0. The van der Waals surface area contributed by atoms with E-state index in [0.717, 1.165) is 53.0 Å². The molecular formula is C28H29N5O3. The summed E-state index contributed by atoms with van der Waals surface area (Å²) in [6.45, 7) is 0.790. The second-order valence-corrected chi connectivity index (χ2v) is 9.59. The van der Waals surface area contributed by atoms with Crippen LogP contribution in [0.1, 0.15) is 55.0 Å². The van der Waals surface area contributed by atoms with Gasteiger partial charge in [-0.05, 0) is 48.9 Å². The van der Waals surface area contributed by atoms with Crippen molar-refractivity contribution in [3.63, 3.8) is 0 Å².